The Labute approximate surface area is 106 Å². The van der Waals surface area contributed by atoms with Gasteiger partial charge in [0.15, 0.2) is 5.69 Å². The summed E-state index contributed by atoms with van der Waals surface area (Å²) < 4.78 is 0. The summed E-state index contributed by atoms with van der Waals surface area (Å²) in [4.78, 5) is 14.1. The first-order valence-electron chi connectivity index (χ1n) is 5.92. The predicted octanol–water partition coefficient (Wildman–Crippen LogP) is 0.713. The van der Waals surface area contributed by atoms with Gasteiger partial charge in [0.1, 0.15) is 0 Å². The molecule has 1 aromatic heterocycles. The predicted molar refractivity (Wildman–Crippen MR) is 66.4 cm³/mol. The lowest BCUT2D eigenvalue weighted by Gasteiger charge is -2.16. The molecule has 0 aromatic carbocycles. The van der Waals surface area contributed by atoms with Crippen molar-refractivity contribution in [3.63, 3.8) is 0 Å². The van der Waals surface area contributed by atoms with Crippen molar-refractivity contribution in [2.75, 3.05) is 19.6 Å². The maximum atomic E-state index is 12.2. The third kappa shape index (κ3) is 2.17. The molecule has 17 heavy (non-hydrogen) atoms. The zero-order valence-corrected chi connectivity index (χ0v) is 10.5. The molecule has 3 heterocycles. The van der Waals surface area contributed by atoms with Crippen molar-refractivity contribution in [1.82, 2.24) is 20.4 Å². The molecule has 0 bridgehead atoms. The van der Waals surface area contributed by atoms with Crippen LogP contribution in [0.2, 0.25) is 0 Å². The van der Waals surface area contributed by atoms with Crippen LogP contribution in [0.1, 0.15) is 34.6 Å². The fourth-order valence-corrected chi connectivity index (χ4v) is 2.47. The van der Waals surface area contributed by atoms with Crippen molar-refractivity contribution in [3.8, 4) is 0 Å². The highest BCUT2D eigenvalue weighted by molar-refractivity contribution is 5.94. The van der Waals surface area contributed by atoms with E-state index in [0.29, 0.717) is 5.69 Å². The second-order valence-electron chi connectivity index (χ2n) is 4.46. The van der Waals surface area contributed by atoms with E-state index in [9.17, 15) is 4.79 Å². The van der Waals surface area contributed by atoms with Gasteiger partial charge >= 0.3 is 0 Å². The van der Waals surface area contributed by atoms with Crippen LogP contribution in [-0.4, -0.2) is 40.6 Å². The molecule has 1 amide bonds. The number of nitrogens with one attached hydrogen (secondary N) is 2. The average molecular weight is 257 g/mol. The molecule has 0 aliphatic carbocycles. The van der Waals surface area contributed by atoms with E-state index >= 15 is 0 Å². The Morgan fingerprint density at radius 3 is 2.82 bits per heavy atom. The first-order chi connectivity index (χ1) is 7.86. The van der Waals surface area contributed by atoms with Gasteiger partial charge in [-0.3, -0.25) is 9.89 Å². The minimum atomic E-state index is 0. The van der Waals surface area contributed by atoms with Gasteiger partial charge in [-0.15, -0.1) is 12.4 Å². The number of halogens is 1. The summed E-state index contributed by atoms with van der Waals surface area (Å²) in [6.45, 7) is 3.50. The zero-order chi connectivity index (χ0) is 11.0. The summed E-state index contributed by atoms with van der Waals surface area (Å²) in [5, 5.41) is 10.5. The van der Waals surface area contributed by atoms with E-state index in [1.807, 2.05) is 4.90 Å². The summed E-state index contributed by atoms with van der Waals surface area (Å²) in [5.41, 5.74) is 2.83. The number of aromatic amines is 1. The fourth-order valence-electron chi connectivity index (χ4n) is 2.47. The van der Waals surface area contributed by atoms with Crippen LogP contribution in [0.3, 0.4) is 0 Å². The summed E-state index contributed by atoms with van der Waals surface area (Å²) in [7, 11) is 0. The van der Waals surface area contributed by atoms with E-state index in [1.165, 1.54) is 0 Å². The third-order valence-corrected chi connectivity index (χ3v) is 3.40. The maximum absolute atomic E-state index is 12.2. The number of aromatic nitrogens is 2. The van der Waals surface area contributed by atoms with Crippen molar-refractivity contribution >= 4 is 18.3 Å². The lowest BCUT2D eigenvalue weighted by molar-refractivity contribution is 0.0785. The minimum Gasteiger partial charge on any atom is -0.337 e. The second kappa shape index (κ2) is 5.06. The smallest absolute Gasteiger partial charge is 0.274 e. The standard InChI is InChI=1S/C11H16N4O.ClH/c16-11(15-5-1-2-6-15)10-8-7-12-4-3-9(8)13-14-10;/h12H,1-7H2,(H,13,14);1H. The lowest BCUT2D eigenvalue weighted by atomic mass is 10.1. The largest absolute Gasteiger partial charge is 0.337 e. The quantitative estimate of drug-likeness (QED) is 0.778. The number of hydrogen-bond acceptors (Lipinski definition) is 3. The van der Waals surface area contributed by atoms with E-state index in [1.54, 1.807) is 0 Å². The number of nitrogens with zero attached hydrogens (tertiary/aromatic N) is 2. The maximum Gasteiger partial charge on any atom is 0.274 e. The number of likely N-dealkylation sites (tertiary alicyclic amines) is 1. The Bertz CT molecular complexity index is 412. The number of hydrogen-bond donors (Lipinski definition) is 2. The fraction of sp³-hybridized carbons (Fsp3) is 0.636. The Hall–Kier alpha value is -1.07. The Kier molecular flexibility index (Phi) is 3.69. The molecular weight excluding hydrogens is 240 g/mol. The van der Waals surface area contributed by atoms with Crippen LogP contribution in [0.4, 0.5) is 0 Å². The van der Waals surface area contributed by atoms with E-state index < -0.39 is 0 Å². The van der Waals surface area contributed by atoms with Gasteiger partial charge in [-0.2, -0.15) is 5.10 Å². The molecule has 1 saturated heterocycles. The van der Waals surface area contributed by atoms with Crippen molar-refractivity contribution < 1.29 is 4.79 Å². The molecule has 6 heteroatoms. The van der Waals surface area contributed by atoms with Crippen molar-refractivity contribution in [1.29, 1.82) is 0 Å². The van der Waals surface area contributed by atoms with Crippen LogP contribution in [0, 0.1) is 0 Å². The molecular formula is C11H17ClN4O. The highest BCUT2D eigenvalue weighted by atomic mass is 35.5. The summed E-state index contributed by atoms with van der Waals surface area (Å²) >= 11 is 0. The molecule has 0 saturated carbocycles. The van der Waals surface area contributed by atoms with Crippen LogP contribution in [0.15, 0.2) is 0 Å². The minimum absolute atomic E-state index is 0. The lowest BCUT2D eigenvalue weighted by Crippen LogP contribution is -2.30. The van der Waals surface area contributed by atoms with Crippen LogP contribution in [0.5, 0.6) is 0 Å². The van der Waals surface area contributed by atoms with Gasteiger partial charge in [-0.05, 0) is 12.8 Å². The SMILES string of the molecule is Cl.O=C(c1n[nH]c2c1CNCC2)N1CCCC1. The van der Waals surface area contributed by atoms with Gasteiger partial charge in [-0.25, -0.2) is 0 Å². The van der Waals surface area contributed by atoms with Crippen molar-refractivity contribution in [2.24, 2.45) is 0 Å². The molecule has 1 aromatic rings. The number of amides is 1. The van der Waals surface area contributed by atoms with Crippen molar-refractivity contribution in [3.05, 3.63) is 17.0 Å². The van der Waals surface area contributed by atoms with E-state index in [0.717, 1.165) is 56.7 Å². The van der Waals surface area contributed by atoms with E-state index in [-0.39, 0.29) is 18.3 Å². The molecule has 2 aliphatic heterocycles. The number of rotatable bonds is 1. The van der Waals surface area contributed by atoms with Gasteiger partial charge in [0, 0.05) is 43.9 Å². The van der Waals surface area contributed by atoms with Gasteiger partial charge in [0.2, 0.25) is 0 Å². The van der Waals surface area contributed by atoms with Crippen molar-refractivity contribution in [2.45, 2.75) is 25.8 Å². The summed E-state index contributed by atoms with van der Waals surface area (Å²) in [6.07, 6.45) is 3.18. The Morgan fingerprint density at radius 1 is 1.29 bits per heavy atom. The number of H-pyrrole nitrogens is 1. The van der Waals surface area contributed by atoms with Gasteiger partial charge in [-0.1, -0.05) is 0 Å². The average Bonchev–Trinajstić information content (AvgIpc) is 2.98. The molecule has 2 N–H and O–H groups in total. The Balaban J connectivity index is 0.00000108. The Morgan fingerprint density at radius 2 is 2.06 bits per heavy atom. The van der Waals surface area contributed by atoms with Crippen LogP contribution in [-0.2, 0) is 13.0 Å². The van der Waals surface area contributed by atoms with Crippen LogP contribution < -0.4 is 5.32 Å². The monoisotopic (exact) mass is 256 g/mol. The number of fused-ring (bicyclic) bond motifs is 1. The van der Waals surface area contributed by atoms with Crippen LogP contribution in [0.25, 0.3) is 0 Å². The first-order valence-corrected chi connectivity index (χ1v) is 5.92. The van der Waals surface area contributed by atoms with Gasteiger partial charge in [0.25, 0.3) is 5.91 Å². The summed E-state index contributed by atoms with van der Waals surface area (Å²) in [5.74, 6) is 0.0960. The molecule has 2 aliphatic rings. The first kappa shape index (κ1) is 12.4. The number of carbonyl (C=O) groups is 1. The molecule has 1 fully saturated rings. The molecule has 0 unspecified atom stereocenters. The van der Waals surface area contributed by atoms with E-state index in [2.05, 4.69) is 15.5 Å². The van der Waals surface area contributed by atoms with Gasteiger partial charge < -0.3 is 10.2 Å². The molecule has 0 radical (unpaired) electrons. The third-order valence-electron chi connectivity index (χ3n) is 3.40. The molecule has 94 valence electrons. The molecule has 3 rings (SSSR count). The molecule has 0 atom stereocenters. The highest BCUT2D eigenvalue weighted by Crippen LogP contribution is 2.19. The van der Waals surface area contributed by atoms with Crippen LogP contribution >= 0.6 is 12.4 Å². The second-order valence-corrected chi connectivity index (χ2v) is 4.46. The van der Waals surface area contributed by atoms with Gasteiger partial charge in [0.05, 0.1) is 0 Å². The topological polar surface area (TPSA) is 61.0 Å². The normalized spacial score (nSPS) is 18.7. The number of carbonyl (C=O) groups excluding carboxylic acids is 1. The zero-order valence-electron chi connectivity index (χ0n) is 9.66. The summed E-state index contributed by atoms with van der Waals surface area (Å²) in [6, 6.07) is 0. The van der Waals surface area contributed by atoms with E-state index in [4.69, 9.17) is 0 Å². The molecule has 5 nitrogen and oxygen atoms in total. The highest BCUT2D eigenvalue weighted by Gasteiger charge is 2.26. The molecule has 0 spiro atoms.